The van der Waals surface area contributed by atoms with Gasteiger partial charge in [0.05, 0.1) is 12.5 Å². The molecule has 0 saturated heterocycles. The second-order valence-electron chi connectivity index (χ2n) is 15.2. The average molecular weight is 785 g/mol. The third-order valence-electron chi connectivity index (χ3n) is 11.8. The summed E-state index contributed by atoms with van der Waals surface area (Å²) in [5, 5.41) is 5.95. The molecule has 0 saturated carbocycles. The van der Waals surface area contributed by atoms with Crippen LogP contribution in [0.5, 0.6) is 0 Å². The predicted molar refractivity (Wildman–Crippen MR) is 255 cm³/mol. The fraction of sp³-hybridized carbons (Fsp3) is 0. The average Bonchev–Trinajstić information content (AvgIpc) is 3.95. The van der Waals surface area contributed by atoms with E-state index < -0.39 is 6.04 Å². The van der Waals surface area contributed by atoms with Crippen LogP contribution in [0.3, 0.4) is 0 Å². The van der Waals surface area contributed by atoms with E-state index in [0.29, 0.717) is 5.56 Å². The molecule has 3 nitrogen and oxygen atoms in total. The molecule has 0 aliphatic rings. The molecule has 286 valence electrons. The lowest BCUT2D eigenvalue weighted by atomic mass is 9.92. The Labute approximate surface area is 360 Å². The number of fused-ring (bicyclic) bond motifs is 7. The number of hydrogen-bond donors (Lipinski definition) is 0. The van der Waals surface area contributed by atoms with Crippen molar-refractivity contribution in [3.8, 4) is 44.5 Å². The van der Waals surface area contributed by atoms with Crippen molar-refractivity contribution < 1.29 is 15.7 Å². The number of para-hydroxylation sites is 3. The van der Waals surface area contributed by atoms with Gasteiger partial charge in [-0.2, -0.15) is 0 Å². The maximum absolute atomic E-state index is 8.72. The molecule has 0 amide bonds. The van der Waals surface area contributed by atoms with Crippen LogP contribution in [0.2, 0.25) is 0 Å². The van der Waals surface area contributed by atoms with E-state index in [1.54, 1.807) is 0 Å². The lowest BCUT2D eigenvalue weighted by molar-refractivity contribution is 0.669. The summed E-state index contributed by atoms with van der Waals surface area (Å²) in [6, 6.07) is 64.6. The molecule has 0 bridgehead atoms. The summed E-state index contributed by atoms with van der Waals surface area (Å²) in [6.45, 7) is 0. The van der Waals surface area contributed by atoms with E-state index in [0.717, 1.165) is 105 Å². The quantitative estimate of drug-likeness (QED) is 0.161. The number of furan rings is 2. The van der Waals surface area contributed by atoms with Crippen molar-refractivity contribution >= 4 is 71.7 Å². The molecule has 0 aliphatic carbocycles. The Balaban J connectivity index is 0.991. The van der Waals surface area contributed by atoms with Gasteiger partial charge >= 0.3 is 0 Å². The Morgan fingerprint density at radius 1 is 0.328 bits per heavy atom. The van der Waals surface area contributed by atoms with Crippen molar-refractivity contribution in [3.05, 3.63) is 224 Å². The first-order valence-corrected chi connectivity index (χ1v) is 20.3. The SMILES string of the molecule is [2H]c1c([2H])c([2H])c(-c2ccc(-c3ccc(N(c4ccc(-c5ccc6c(c5)oc5ccccc56)cc4)c4cccc5c4oc4c(-c6ccccc6)cccc45)cc3)c3ccccc23)c([2H])c1[2H]. The van der Waals surface area contributed by atoms with Crippen LogP contribution in [0.1, 0.15) is 6.85 Å². The number of hydrogen-bond acceptors (Lipinski definition) is 3. The molecular weight excluding hydrogens is 743 g/mol. The first kappa shape index (κ1) is 30.0. The summed E-state index contributed by atoms with van der Waals surface area (Å²) in [5.41, 5.74) is 13.0. The molecule has 3 heteroatoms. The minimum absolute atomic E-state index is 0.187. The largest absolute Gasteiger partial charge is 0.456 e. The molecule has 12 aromatic rings. The van der Waals surface area contributed by atoms with Gasteiger partial charge in [-0.05, 0) is 98.2 Å². The lowest BCUT2D eigenvalue weighted by Gasteiger charge is -2.26. The van der Waals surface area contributed by atoms with Crippen LogP contribution in [0.25, 0.3) is 99.2 Å². The zero-order valence-corrected chi connectivity index (χ0v) is 32.7. The van der Waals surface area contributed by atoms with Crippen molar-refractivity contribution in [1.29, 1.82) is 0 Å². The summed E-state index contributed by atoms with van der Waals surface area (Å²) < 4.78 is 55.5. The van der Waals surface area contributed by atoms with Crippen molar-refractivity contribution in [3.63, 3.8) is 0 Å². The molecule has 0 fully saturated rings. The summed E-state index contributed by atoms with van der Waals surface area (Å²) in [6.07, 6.45) is 0. The van der Waals surface area contributed by atoms with Gasteiger partial charge < -0.3 is 13.7 Å². The molecule has 0 radical (unpaired) electrons. The third kappa shape index (κ3) is 5.90. The van der Waals surface area contributed by atoms with Crippen LogP contribution >= 0.6 is 0 Å². The van der Waals surface area contributed by atoms with E-state index in [1.807, 2.05) is 72.8 Å². The molecule has 0 atom stereocenters. The molecule has 0 spiro atoms. The molecular formula is C58H37NO2. The van der Waals surface area contributed by atoms with E-state index in [9.17, 15) is 0 Å². The van der Waals surface area contributed by atoms with Crippen LogP contribution < -0.4 is 4.90 Å². The topological polar surface area (TPSA) is 29.5 Å². The molecule has 12 rings (SSSR count). The van der Waals surface area contributed by atoms with E-state index in [-0.39, 0.29) is 29.7 Å². The fourth-order valence-corrected chi connectivity index (χ4v) is 8.91. The molecule has 0 unspecified atom stereocenters. The minimum atomic E-state index is -0.408. The van der Waals surface area contributed by atoms with E-state index in [1.165, 1.54) is 0 Å². The van der Waals surface area contributed by atoms with Gasteiger partial charge in [0.15, 0.2) is 5.58 Å². The second-order valence-corrected chi connectivity index (χ2v) is 15.2. The lowest BCUT2D eigenvalue weighted by Crippen LogP contribution is -2.10. The van der Waals surface area contributed by atoms with E-state index in [4.69, 9.17) is 15.7 Å². The number of rotatable bonds is 7. The summed E-state index contributed by atoms with van der Waals surface area (Å²) in [5.74, 6) is 0. The van der Waals surface area contributed by atoms with E-state index >= 15 is 0 Å². The highest BCUT2D eigenvalue weighted by molar-refractivity contribution is 6.14. The van der Waals surface area contributed by atoms with Crippen molar-refractivity contribution in [2.75, 3.05) is 4.90 Å². The Hall–Kier alpha value is -8.14. The van der Waals surface area contributed by atoms with Crippen LogP contribution in [0.15, 0.2) is 233 Å². The predicted octanol–water partition coefficient (Wildman–Crippen LogP) is 16.8. The monoisotopic (exact) mass is 784 g/mol. The number of nitrogens with zero attached hydrogens (tertiary/aromatic N) is 1. The number of benzene rings is 10. The van der Waals surface area contributed by atoms with E-state index in [2.05, 4.69) is 126 Å². The molecule has 0 aliphatic heterocycles. The van der Waals surface area contributed by atoms with Gasteiger partial charge in [-0.1, -0.05) is 176 Å². The van der Waals surface area contributed by atoms with Crippen LogP contribution in [-0.4, -0.2) is 0 Å². The zero-order valence-electron chi connectivity index (χ0n) is 37.7. The minimum Gasteiger partial charge on any atom is -0.456 e. The first-order chi connectivity index (χ1) is 32.3. The highest BCUT2D eigenvalue weighted by Crippen LogP contribution is 2.45. The maximum atomic E-state index is 8.72. The highest BCUT2D eigenvalue weighted by Gasteiger charge is 2.21. The zero-order chi connectivity index (χ0) is 44.6. The van der Waals surface area contributed by atoms with Gasteiger partial charge in [-0.3, -0.25) is 0 Å². The number of anilines is 3. The van der Waals surface area contributed by atoms with Gasteiger partial charge in [0.2, 0.25) is 0 Å². The van der Waals surface area contributed by atoms with Crippen molar-refractivity contribution in [2.45, 2.75) is 0 Å². The molecule has 61 heavy (non-hydrogen) atoms. The Morgan fingerprint density at radius 2 is 0.885 bits per heavy atom. The van der Waals surface area contributed by atoms with Crippen molar-refractivity contribution in [2.24, 2.45) is 0 Å². The van der Waals surface area contributed by atoms with Gasteiger partial charge in [0.1, 0.15) is 16.7 Å². The first-order valence-electron chi connectivity index (χ1n) is 22.8. The highest BCUT2D eigenvalue weighted by atomic mass is 16.3. The molecule has 2 aromatic heterocycles. The van der Waals surface area contributed by atoms with Crippen LogP contribution in [0, 0.1) is 0 Å². The van der Waals surface area contributed by atoms with Gasteiger partial charge in [-0.15, -0.1) is 0 Å². The van der Waals surface area contributed by atoms with Crippen LogP contribution in [0.4, 0.5) is 17.1 Å². The summed E-state index contributed by atoms with van der Waals surface area (Å²) in [4.78, 5) is 2.24. The normalized spacial score (nSPS) is 12.8. The van der Waals surface area contributed by atoms with Gasteiger partial charge in [-0.25, -0.2) is 0 Å². The molecule has 10 aromatic carbocycles. The Morgan fingerprint density at radius 3 is 1.62 bits per heavy atom. The van der Waals surface area contributed by atoms with Gasteiger partial charge in [0.25, 0.3) is 0 Å². The molecule has 0 N–H and O–H groups in total. The second kappa shape index (κ2) is 14.3. The third-order valence-corrected chi connectivity index (χ3v) is 11.8. The molecule has 2 heterocycles. The van der Waals surface area contributed by atoms with Crippen LogP contribution in [-0.2, 0) is 0 Å². The summed E-state index contributed by atoms with van der Waals surface area (Å²) >= 11 is 0. The smallest absolute Gasteiger partial charge is 0.159 e. The Bertz CT molecular complexity index is 3850. The standard InChI is InChI=1S/C58H37NO2/c1-3-13-39(14-4-1)45-35-36-46(49-18-8-7-17-48(45)49)41-27-32-44(33-28-41)59(43-30-25-38(26-31-43)42-29-34-51-50-19-9-10-24-55(50)60-56(51)37-42)54-23-12-22-53-52-21-11-20-47(57(52)61-58(53)54)40-15-5-2-6-16-40/h1-37H/i1D,3D,4D,13D,14D. The van der Waals surface area contributed by atoms with Crippen molar-refractivity contribution in [1.82, 2.24) is 0 Å². The van der Waals surface area contributed by atoms with Gasteiger partial charge in [0, 0.05) is 38.5 Å². The summed E-state index contributed by atoms with van der Waals surface area (Å²) in [7, 11) is 0. The fourth-order valence-electron chi connectivity index (χ4n) is 8.91. The maximum Gasteiger partial charge on any atom is 0.159 e. The Kier molecular flexibility index (Phi) is 7.03.